The van der Waals surface area contributed by atoms with Crippen LogP contribution in [-0.4, -0.2) is 13.6 Å². The fourth-order valence-electron chi connectivity index (χ4n) is 1.85. The van der Waals surface area contributed by atoms with E-state index in [4.69, 9.17) is 5.21 Å². The van der Waals surface area contributed by atoms with Gasteiger partial charge in [0.1, 0.15) is 4.90 Å². The van der Waals surface area contributed by atoms with Gasteiger partial charge < -0.3 is 10.5 Å². The summed E-state index contributed by atoms with van der Waals surface area (Å²) in [6.07, 6.45) is 0. The van der Waals surface area contributed by atoms with Gasteiger partial charge in [-0.1, -0.05) is 4.89 Å². The third kappa shape index (κ3) is 3.59. The predicted octanol–water partition coefficient (Wildman–Crippen LogP) is 3.43. The van der Waals surface area contributed by atoms with Crippen LogP contribution in [0.5, 0.6) is 0 Å². The van der Waals surface area contributed by atoms with Crippen LogP contribution in [0.25, 0.3) is 0 Å². The molecule has 2 aromatic carbocycles. The van der Waals surface area contributed by atoms with Crippen molar-refractivity contribution in [2.45, 2.75) is 11.8 Å². The van der Waals surface area contributed by atoms with E-state index in [1.54, 1.807) is 19.1 Å². The van der Waals surface area contributed by atoms with E-state index in [0.29, 0.717) is 11.3 Å². The van der Waals surface area contributed by atoms with E-state index < -0.39 is 38.1 Å². The number of anilines is 2. The van der Waals surface area contributed by atoms with Crippen LogP contribution in [0, 0.1) is 27.9 Å². The molecule has 0 radical (unpaired) electrons. The number of sulfonamides is 1. The lowest BCUT2D eigenvalue weighted by molar-refractivity contribution is 0.242. The molecule has 10 heteroatoms. The number of halogens is 4. The molecule has 0 spiro atoms. The summed E-state index contributed by atoms with van der Waals surface area (Å²) in [5, 5.41) is 11.1. The van der Waals surface area contributed by atoms with E-state index in [-0.39, 0.29) is 6.07 Å². The second-order valence-corrected chi connectivity index (χ2v) is 7.41. The minimum atomic E-state index is -4.64. The molecule has 0 atom stereocenters. The Labute approximate surface area is 143 Å². The van der Waals surface area contributed by atoms with Crippen molar-refractivity contribution in [1.29, 1.82) is 0 Å². The van der Waals surface area contributed by atoms with Gasteiger partial charge >= 0.3 is 0 Å². The van der Waals surface area contributed by atoms with Crippen molar-refractivity contribution in [3.8, 4) is 0 Å². The minimum Gasteiger partial charge on any atom is -0.352 e. The zero-order valence-corrected chi connectivity index (χ0v) is 14.5. The molecule has 2 aromatic rings. The molecule has 2 rings (SSSR count). The quantitative estimate of drug-likeness (QED) is 0.373. The van der Waals surface area contributed by atoms with Gasteiger partial charge in [-0.05, 0) is 59.3 Å². The van der Waals surface area contributed by atoms with Crippen LogP contribution in [0.15, 0.2) is 29.2 Å². The molecule has 124 valence electrons. The number of rotatable bonds is 4. The zero-order chi connectivity index (χ0) is 17.4. The molecule has 0 saturated heterocycles. The SMILES string of the molecule is Cc1cc(I)ccc1Nc1c(S(=O)(=O)NO)cc(F)c(F)c1F. The molecule has 23 heavy (non-hydrogen) atoms. The molecule has 0 saturated carbocycles. The highest BCUT2D eigenvalue weighted by molar-refractivity contribution is 14.1. The highest BCUT2D eigenvalue weighted by Crippen LogP contribution is 2.32. The smallest absolute Gasteiger partial charge is 0.264 e. The maximum absolute atomic E-state index is 14.0. The summed E-state index contributed by atoms with van der Waals surface area (Å²) in [7, 11) is -4.64. The summed E-state index contributed by atoms with van der Waals surface area (Å²) in [6, 6.07) is 5.19. The predicted molar refractivity (Wildman–Crippen MR) is 85.6 cm³/mol. The Bertz CT molecular complexity index is 875. The molecule has 0 aliphatic heterocycles. The summed E-state index contributed by atoms with van der Waals surface area (Å²) in [6.45, 7) is 1.67. The molecule has 0 aliphatic carbocycles. The van der Waals surface area contributed by atoms with E-state index in [0.717, 1.165) is 8.46 Å². The summed E-state index contributed by atoms with van der Waals surface area (Å²) in [5.41, 5.74) is 0.112. The number of benzene rings is 2. The van der Waals surface area contributed by atoms with Crippen molar-refractivity contribution in [1.82, 2.24) is 4.89 Å². The normalized spacial score (nSPS) is 11.6. The Morgan fingerprint density at radius 1 is 1.13 bits per heavy atom. The van der Waals surface area contributed by atoms with E-state index >= 15 is 0 Å². The van der Waals surface area contributed by atoms with Crippen molar-refractivity contribution < 1.29 is 26.8 Å². The summed E-state index contributed by atoms with van der Waals surface area (Å²) in [5.74, 6) is -5.23. The molecule has 0 amide bonds. The third-order valence-corrected chi connectivity index (χ3v) is 4.80. The Hall–Kier alpha value is -1.37. The summed E-state index contributed by atoms with van der Waals surface area (Å²) in [4.78, 5) is -0.00691. The van der Waals surface area contributed by atoms with Gasteiger partial charge in [-0.2, -0.15) is 0 Å². The molecule has 5 nitrogen and oxygen atoms in total. The number of hydrogen-bond acceptors (Lipinski definition) is 4. The number of nitrogens with one attached hydrogen (secondary N) is 2. The Kier molecular flexibility index (Phi) is 5.18. The van der Waals surface area contributed by atoms with E-state index in [9.17, 15) is 21.6 Å². The molecule has 0 aromatic heterocycles. The first kappa shape index (κ1) is 18.0. The average Bonchev–Trinajstić information content (AvgIpc) is 2.49. The number of hydrogen-bond donors (Lipinski definition) is 3. The molecular weight excluding hydrogens is 448 g/mol. The molecule has 0 heterocycles. The largest absolute Gasteiger partial charge is 0.352 e. The Morgan fingerprint density at radius 2 is 1.78 bits per heavy atom. The fourth-order valence-corrected chi connectivity index (χ4v) is 3.27. The van der Waals surface area contributed by atoms with Gasteiger partial charge in [0.25, 0.3) is 10.0 Å². The lowest BCUT2D eigenvalue weighted by atomic mass is 10.2. The summed E-state index contributed by atoms with van der Waals surface area (Å²) >= 11 is 2.04. The third-order valence-electron chi connectivity index (χ3n) is 2.98. The highest BCUT2D eigenvalue weighted by Gasteiger charge is 2.27. The van der Waals surface area contributed by atoms with Crippen LogP contribution in [0.3, 0.4) is 0 Å². The molecule has 0 bridgehead atoms. The van der Waals surface area contributed by atoms with Gasteiger partial charge in [0.15, 0.2) is 17.5 Å². The first-order chi connectivity index (χ1) is 10.7. The van der Waals surface area contributed by atoms with Crippen molar-refractivity contribution in [3.05, 3.63) is 50.9 Å². The van der Waals surface area contributed by atoms with Crippen LogP contribution in [0.1, 0.15) is 5.56 Å². The lowest BCUT2D eigenvalue weighted by Gasteiger charge is -2.15. The molecule has 0 unspecified atom stereocenters. The molecule has 3 N–H and O–H groups in total. The van der Waals surface area contributed by atoms with Crippen LogP contribution < -0.4 is 10.2 Å². The molecular formula is C13H10F3IN2O3S. The molecule has 0 fully saturated rings. The minimum absolute atomic E-state index is 0.279. The number of aryl methyl sites for hydroxylation is 1. The monoisotopic (exact) mass is 458 g/mol. The van der Waals surface area contributed by atoms with Gasteiger partial charge in [-0.25, -0.2) is 21.6 Å². The van der Waals surface area contributed by atoms with Gasteiger partial charge in [-0.15, -0.1) is 0 Å². The van der Waals surface area contributed by atoms with Gasteiger partial charge in [0.2, 0.25) is 0 Å². The summed E-state index contributed by atoms with van der Waals surface area (Å²) < 4.78 is 65.1. The fraction of sp³-hybridized carbons (Fsp3) is 0.0769. The highest BCUT2D eigenvalue weighted by atomic mass is 127. The topological polar surface area (TPSA) is 78.4 Å². The van der Waals surface area contributed by atoms with Crippen molar-refractivity contribution in [3.63, 3.8) is 0 Å². The maximum Gasteiger partial charge on any atom is 0.264 e. The van der Waals surface area contributed by atoms with E-state index in [1.807, 2.05) is 22.6 Å². The van der Waals surface area contributed by atoms with Gasteiger partial charge in [-0.3, -0.25) is 0 Å². The molecule has 0 aliphatic rings. The first-order valence-corrected chi connectivity index (χ1v) is 8.60. The zero-order valence-electron chi connectivity index (χ0n) is 11.5. The second-order valence-electron chi connectivity index (χ2n) is 4.54. The standard InChI is InChI=1S/C13H10F3IN2O3S/c1-6-4-7(17)2-3-9(6)18-13-10(23(21,22)19-20)5-8(14)11(15)12(13)16/h2-5,18-20H,1H3. The first-order valence-electron chi connectivity index (χ1n) is 6.04. The van der Waals surface area contributed by atoms with Crippen LogP contribution in [0.4, 0.5) is 24.5 Å². The van der Waals surface area contributed by atoms with Crippen LogP contribution in [-0.2, 0) is 10.0 Å². The van der Waals surface area contributed by atoms with Crippen molar-refractivity contribution in [2.75, 3.05) is 5.32 Å². The Morgan fingerprint density at radius 3 is 2.35 bits per heavy atom. The Balaban J connectivity index is 2.67. The van der Waals surface area contributed by atoms with Crippen molar-refractivity contribution in [2.24, 2.45) is 0 Å². The van der Waals surface area contributed by atoms with Crippen molar-refractivity contribution >= 4 is 44.0 Å². The lowest BCUT2D eigenvalue weighted by Crippen LogP contribution is -2.22. The van der Waals surface area contributed by atoms with Crippen LogP contribution in [0.2, 0.25) is 0 Å². The van der Waals surface area contributed by atoms with Crippen LogP contribution >= 0.6 is 22.6 Å². The van der Waals surface area contributed by atoms with E-state index in [1.165, 1.54) is 6.07 Å². The van der Waals surface area contributed by atoms with E-state index in [2.05, 4.69) is 5.32 Å². The maximum atomic E-state index is 14.0. The van der Waals surface area contributed by atoms with Gasteiger partial charge in [0, 0.05) is 9.26 Å². The second kappa shape index (κ2) is 6.63. The average molecular weight is 458 g/mol. The van der Waals surface area contributed by atoms with Gasteiger partial charge in [0.05, 0.1) is 5.69 Å².